The molecule has 0 aliphatic heterocycles. The third-order valence-corrected chi connectivity index (χ3v) is 4.88. The number of aryl methyl sites for hydroxylation is 3. The van der Waals surface area contributed by atoms with Gasteiger partial charge in [-0.15, -0.1) is 0 Å². The van der Waals surface area contributed by atoms with Crippen molar-refractivity contribution in [1.29, 1.82) is 0 Å². The fraction of sp³-hybridized carbons (Fsp3) is 0.333. The second-order valence-corrected chi connectivity index (χ2v) is 7.53. The first-order chi connectivity index (χ1) is 14.4. The maximum Gasteiger partial charge on any atom is 0.324 e. The molecule has 0 saturated heterocycles. The van der Waals surface area contributed by atoms with Crippen LogP contribution in [0.25, 0.3) is 0 Å². The van der Waals surface area contributed by atoms with Crippen LogP contribution in [0.4, 0.5) is 22.1 Å². The number of carbonyl (C=O) groups is 1. The van der Waals surface area contributed by atoms with Gasteiger partial charge in [0.1, 0.15) is 17.4 Å². The molecular weight excluding hydrogens is 382 g/mol. The van der Waals surface area contributed by atoms with Gasteiger partial charge in [0.25, 0.3) is 0 Å². The lowest BCUT2D eigenvalue weighted by Crippen LogP contribution is -2.41. The Labute approximate surface area is 174 Å². The van der Waals surface area contributed by atoms with Crippen LogP contribution in [0, 0.1) is 20.8 Å². The molecule has 4 N–H and O–H groups in total. The number of ether oxygens (including phenoxy) is 1. The van der Waals surface area contributed by atoms with Crippen molar-refractivity contribution in [2.45, 2.75) is 46.1 Å². The van der Waals surface area contributed by atoms with Gasteiger partial charge in [0.2, 0.25) is 0 Å². The van der Waals surface area contributed by atoms with Gasteiger partial charge >= 0.3 is 12.0 Å². The highest BCUT2D eigenvalue weighted by Crippen LogP contribution is 2.27. The molecule has 2 heterocycles. The molecule has 0 atom stereocenters. The molecule has 3 aromatic rings. The topological polar surface area (TPSA) is 117 Å². The smallest absolute Gasteiger partial charge is 0.324 e. The van der Waals surface area contributed by atoms with Gasteiger partial charge in [-0.05, 0) is 63.8 Å². The van der Waals surface area contributed by atoms with Crippen LogP contribution >= 0.6 is 0 Å². The Kier molecular flexibility index (Phi) is 5.51. The minimum atomic E-state index is -0.181. The second-order valence-electron chi connectivity index (χ2n) is 7.53. The summed E-state index contributed by atoms with van der Waals surface area (Å²) >= 11 is 0. The first-order valence-electron chi connectivity index (χ1n) is 9.95. The molecule has 1 aliphatic rings. The van der Waals surface area contributed by atoms with E-state index >= 15 is 0 Å². The number of nitrogens with zero attached hydrogens (tertiary/aromatic N) is 3. The number of amides is 2. The van der Waals surface area contributed by atoms with E-state index in [2.05, 4.69) is 36.1 Å². The Morgan fingerprint density at radius 2 is 1.93 bits per heavy atom. The third kappa shape index (κ3) is 4.86. The quantitative estimate of drug-likeness (QED) is 0.483. The third-order valence-electron chi connectivity index (χ3n) is 4.88. The molecule has 4 rings (SSSR count). The average molecular weight is 407 g/mol. The van der Waals surface area contributed by atoms with Crippen LogP contribution in [0.3, 0.4) is 0 Å². The number of aromatic amines is 1. The average Bonchev–Trinajstić information content (AvgIpc) is 3.05. The molecule has 9 heteroatoms. The SMILES string of the molecule is Cc1cc(Nc2cc(C)nc(Oc3ccc(NC(=O)NC4CCC4)cc3C)n2)[nH]n1. The summed E-state index contributed by atoms with van der Waals surface area (Å²) in [4.78, 5) is 20.8. The van der Waals surface area contributed by atoms with E-state index in [1.807, 2.05) is 39.0 Å². The first kappa shape index (κ1) is 19.7. The molecule has 1 saturated carbocycles. The number of benzene rings is 1. The van der Waals surface area contributed by atoms with Crippen LogP contribution in [-0.2, 0) is 0 Å². The van der Waals surface area contributed by atoms with Crippen molar-refractivity contribution < 1.29 is 9.53 Å². The summed E-state index contributed by atoms with van der Waals surface area (Å²) in [7, 11) is 0. The fourth-order valence-electron chi connectivity index (χ4n) is 3.12. The maximum atomic E-state index is 12.0. The van der Waals surface area contributed by atoms with E-state index in [1.54, 1.807) is 12.1 Å². The van der Waals surface area contributed by atoms with Crippen molar-refractivity contribution in [3.05, 3.63) is 47.3 Å². The van der Waals surface area contributed by atoms with Crippen LogP contribution in [0.1, 0.15) is 36.2 Å². The van der Waals surface area contributed by atoms with Crippen molar-refractivity contribution in [2.24, 2.45) is 0 Å². The lowest BCUT2D eigenvalue weighted by atomic mass is 9.93. The number of anilines is 3. The van der Waals surface area contributed by atoms with Crippen molar-refractivity contribution in [3.8, 4) is 11.8 Å². The Hall–Kier alpha value is -3.62. The molecule has 30 heavy (non-hydrogen) atoms. The van der Waals surface area contributed by atoms with E-state index in [9.17, 15) is 4.79 Å². The van der Waals surface area contributed by atoms with Gasteiger partial charge in [0.15, 0.2) is 0 Å². The number of carbonyl (C=O) groups excluding carboxylic acids is 1. The number of hydrogen-bond acceptors (Lipinski definition) is 6. The highest BCUT2D eigenvalue weighted by atomic mass is 16.5. The number of hydrogen-bond donors (Lipinski definition) is 4. The van der Waals surface area contributed by atoms with Crippen molar-refractivity contribution in [3.63, 3.8) is 0 Å². The number of H-pyrrole nitrogens is 1. The zero-order valence-corrected chi connectivity index (χ0v) is 17.2. The van der Waals surface area contributed by atoms with Crippen LogP contribution < -0.4 is 20.7 Å². The van der Waals surface area contributed by atoms with E-state index in [-0.39, 0.29) is 12.0 Å². The molecule has 1 aliphatic carbocycles. The number of urea groups is 1. The summed E-state index contributed by atoms with van der Waals surface area (Å²) in [5.41, 5.74) is 3.21. The van der Waals surface area contributed by atoms with Crippen molar-refractivity contribution in [2.75, 3.05) is 10.6 Å². The van der Waals surface area contributed by atoms with E-state index in [1.165, 1.54) is 6.42 Å². The number of aromatic nitrogens is 4. The molecule has 156 valence electrons. The molecule has 2 aromatic heterocycles. The number of rotatable bonds is 6. The fourth-order valence-corrected chi connectivity index (χ4v) is 3.12. The normalized spacial score (nSPS) is 13.4. The standard InChI is InChI=1S/C21H25N7O2/c1-12-9-16(24-20(29)23-15-5-4-6-15)7-8-17(12)30-21-22-13(2)10-18(26-21)25-19-11-14(3)27-28-19/h7-11,15H,4-6H2,1-3H3,(H2,23,24,29)(H2,22,25,26,27,28). The molecule has 2 amide bonds. The Bertz CT molecular complexity index is 1060. The van der Waals surface area contributed by atoms with E-state index in [4.69, 9.17) is 4.74 Å². The summed E-state index contributed by atoms with van der Waals surface area (Å²) in [6, 6.07) is 9.51. The summed E-state index contributed by atoms with van der Waals surface area (Å²) in [5, 5.41) is 16.0. The first-order valence-corrected chi connectivity index (χ1v) is 9.95. The van der Waals surface area contributed by atoms with Crippen LogP contribution in [0.5, 0.6) is 11.8 Å². The van der Waals surface area contributed by atoms with Crippen molar-refractivity contribution >= 4 is 23.4 Å². The van der Waals surface area contributed by atoms with Crippen LogP contribution in [0.15, 0.2) is 30.3 Å². The highest BCUT2D eigenvalue weighted by molar-refractivity contribution is 5.89. The van der Waals surface area contributed by atoms with Crippen molar-refractivity contribution in [1.82, 2.24) is 25.5 Å². The van der Waals surface area contributed by atoms with Crippen LogP contribution in [-0.4, -0.2) is 32.2 Å². The molecule has 9 nitrogen and oxygen atoms in total. The Morgan fingerprint density at radius 3 is 2.60 bits per heavy atom. The van der Waals surface area contributed by atoms with E-state index in [0.29, 0.717) is 23.3 Å². The van der Waals surface area contributed by atoms with Gasteiger partial charge in [-0.1, -0.05) is 0 Å². The van der Waals surface area contributed by atoms with Gasteiger partial charge in [-0.25, -0.2) is 9.78 Å². The molecule has 0 unspecified atom stereocenters. The predicted octanol–water partition coefficient (Wildman–Crippen LogP) is 4.33. The van der Waals surface area contributed by atoms with Gasteiger partial charge in [-0.2, -0.15) is 10.1 Å². The zero-order valence-electron chi connectivity index (χ0n) is 17.2. The highest BCUT2D eigenvalue weighted by Gasteiger charge is 2.19. The van der Waals surface area contributed by atoms with Gasteiger partial charge in [0, 0.05) is 29.6 Å². The monoisotopic (exact) mass is 407 g/mol. The summed E-state index contributed by atoms with van der Waals surface area (Å²) < 4.78 is 5.91. The molecule has 1 fully saturated rings. The Balaban J connectivity index is 1.43. The number of nitrogens with one attached hydrogen (secondary N) is 4. The van der Waals surface area contributed by atoms with E-state index < -0.39 is 0 Å². The summed E-state index contributed by atoms with van der Waals surface area (Å²) in [5.74, 6) is 1.96. The molecule has 0 bridgehead atoms. The molecule has 0 radical (unpaired) electrons. The summed E-state index contributed by atoms with van der Waals surface area (Å²) in [6.07, 6.45) is 3.27. The van der Waals surface area contributed by atoms with Gasteiger partial charge in [-0.3, -0.25) is 5.10 Å². The lowest BCUT2D eigenvalue weighted by Gasteiger charge is -2.26. The summed E-state index contributed by atoms with van der Waals surface area (Å²) in [6.45, 7) is 5.69. The second kappa shape index (κ2) is 8.40. The van der Waals surface area contributed by atoms with E-state index in [0.717, 1.165) is 35.6 Å². The lowest BCUT2D eigenvalue weighted by molar-refractivity contribution is 0.240. The maximum absolute atomic E-state index is 12.0. The largest absolute Gasteiger partial charge is 0.424 e. The molecular formula is C21H25N7O2. The van der Waals surface area contributed by atoms with Gasteiger partial charge < -0.3 is 20.7 Å². The minimum absolute atomic E-state index is 0.181. The molecule has 1 aromatic carbocycles. The molecule has 0 spiro atoms. The zero-order chi connectivity index (χ0) is 21.1. The van der Waals surface area contributed by atoms with Crippen LogP contribution in [0.2, 0.25) is 0 Å². The van der Waals surface area contributed by atoms with Gasteiger partial charge in [0.05, 0.1) is 5.69 Å². The minimum Gasteiger partial charge on any atom is -0.424 e. The Morgan fingerprint density at radius 1 is 1.10 bits per heavy atom. The predicted molar refractivity (Wildman–Crippen MR) is 114 cm³/mol.